The fourth-order valence-corrected chi connectivity index (χ4v) is 3.10. The number of cyclic esters (lactones) is 1. The second-order valence-corrected chi connectivity index (χ2v) is 7.32. The molecule has 1 saturated heterocycles. The van der Waals surface area contributed by atoms with Crippen LogP contribution >= 0.6 is 0 Å². The number of ether oxygens (including phenoxy) is 1. The van der Waals surface area contributed by atoms with Crippen LogP contribution in [0.4, 0.5) is 0 Å². The van der Waals surface area contributed by atoms with Gasteiger partial charge in [0.2, 0.25) is 5.91 Å². The van der Waals surface area contributed by atoms with E-state index >= 15 is 0 Å². The zero-order valence-electron chi connectivity index (χ0n) is 13.4. The van der Waals surface area contributed by atoms with Crippen LogP contribution in [-0.4, -0.2) is 36.6 Å². The van der Waals surface area contributed by atoms with Gasteiger partial charge in [0.1, 0.15) is 6.04 Å². The maximum absolute atomic E-state index is 12.6. The molecule has 2 atom stereocenters. The summed E-state index contributed by atoms with van der Waals surface area (Å²) < 4.78 is 4.98. The van der Waals surface area contributed by atoms with Crippen LogP contribution in [-0.2, 0) is 14.3 Å². The molecule has 21 heavy (non-hydrogen) atoms. The van der Waals surface area contributed by atoms with Crippen LogP contribution in [0.2, 0.25) is 0 Å². The highest BCUT2D eigenvalue weighted by Crippen LogP contribution is 2.23. The summed E-state index contributed by atoms with van der Waals surface area (Å²) in [6.45, 7) is 6.50. The average Bonchev–Trinajstić information content (AvgIpc) is 2.81. The molecule has 1 unspecified atom stereocenters. The summed E-state index contributed by atoms with van der Waals surface area (Å²) in [7, 11) is 0. The quantitative estimate of drug-likeness (QED) is 0.776. The van der Waals surface area contributed by atoms with Crippen LogP contribution in [0.5, 0.6) is 0 Å². The predicted molar refractivity (Wildman–Crippen MR) is 80.8 cm³/mol. The predicted octanol–water partition coefficient (Wildman–Crippen LogP) is 1.76. The number of rotatable bonds is 4. The van der Waals surface area contributed by atoms with Gasteiger partial charge in [-0.2, -0.15) is 0 Å². The Morgan fingerprint density at radius 2 is 1.86 bits per heavy atom. The molecule has 1 heterocycles. The van der Waals surface area contributed by atoms with Crippen LogP contribution < -0.4 is 10.6 Å². The SMILES string of the molecule is CC(C)(C)C(N[C@H]1CCOC1=O)C(=O)NC1CCCCC1. The van der Waals surface area contributed by atoms with E-state index in [0.717, 1.165) is 12.8 Å². The summed E-state index contributed by atoms with van der Waals surface area (Å²) in [6, 6.07) is -0.449. The molecule has 2 fully saturated rings. The molecule has 0 radical (unpaired) electrons. The number of carbonyl (C=O) groups excluding carboxylic acids is 2. The minimum atomic E-state index is -0.380. The zero-order valence-corrected chi connectivity index (χ0v) is 13.4. The van der Waals surface area contributed by atoms with Gasteiger partial charge < -0.3 is 10.1 Å². The molecule has 120 valence electrons. The summed E-state index contributed by atoms with van der Waals surface area (Å²) in [5.74, 6) is -0.233. The normalized spacial score (nSPS) is 25.5. The third kappa shape index (κ3) is 4.43. The number of hydrogen-bond acceptors (Lipinski definition) is 4. The Kier molecular flexibility index (Phi) is 5.25. The molecule has 1 amide bonds. The van der Waals surface area contributed by atoms with Crippen molar-refractivity contribution in [3.05, 3.63) is 0 Å². The van der Waals surface area contributed by atoms with E-state index in [2.05, 4.69) is 10.6 Å². The Morgan fingerprint density at radius 3 is 2.38 bits per heavy atom. The Labute approximate surface area is 127 Å². The van der Waals surface area contributed by atoms with Crippen molar-refractivity contribution >= 4 is 11.9 Å². The highest BCUT2D eigenvalue weighted by atomic mass is 16.5. The number of amides is 1. The molecule has 1 aliphatic heterocycles. The molecule has 0 spiro atoms. The molecule has 0 aromatic rings. The van der Waals surface area contributed by atoms with Crippen LogP contribution in [0.15, 0.2) is 0 Å². The Morgan fingerprint density at radius 1 is 1.19 bits per heavy atom. The monoisotopic (exact) mass is 296 g/mol. The Bertz CT molecular complexity index is 383. The lowest BCUT2D eigenvalue weighted by atomic mass is 9.85. The topological polar surface area (TPSA) is 67.4 Å². The molecular formula is C16H28N2O3. The minimum Gasteiger partial charge on any atom is -0.464 e. The van der Waals surface area contributed by atoms with Crippen LogP contribution in [0.1, 0.15) is 59.3 Å². The fourth-order valence-electron chi connectivity index (χ4n) is 3.10. The molecule has 1 aliphatic carbocycles. The average molecular weight is 296 g/mol. The molecule has 2 aliphatic rings. The van der Waals surface area contributed by atoms with E-state index in [-0.39, 0.29) is 35.4 Å². The van der Waals surface area contributed by atoms with E-state index in [0.29, 0.717) is 13.0 Å². The van der Waals surface area contributed by atoms with Crippen LogP contribution in [0.3, 0.4) is 0 Å². The second kappa shape index (κ2) is 6.77. The van der Waals surface area contributed by atoms with E-state index < -0.39 is 0 Å². The van der Waals surface area contributed by atoms with E-state index in [9.17, 15) is 9.59 Å². The molecule has 2 rings (SSSR count). The van der Waals surface area contributed by atoms with Crippen molar-refractivity contribution in [2.45, 2.75) is 77.4 Å². The Balaban J connectivity index is 1.97. The summed E-state index contributed by atoms with van der Waals surface area (Å²) >= 11 is 0. The first-order valence-corrected chi connectivity index (χ1v) is 8.11. The summed E-state index contributed by atoms with van der Waals surface area (Å²) in [5.41, 5.74) is -0.248. The molecule has 5 heteroatoms. The lowest BCUT2D eigenvalue weighted by Crippen LogP contribution is -2.57. The minimum absolute atomic E-state index is 0.00843. The molecule has 2 N–H and O–H groups in total. The number of hydrogen-bond donors (Lipinski definition) is 2. The largest absolute Gasteiger partial charge is 0.464 e. The van der Waals surface area contributed by atoms with Gasteiger partial charge in [-0.1, -0.05) is 40.0 Å². The number of esters is 1. The number of carbonyl (C=O) groups is 2. The maximum Gasteiger partial charge on any atom is 0.323 e. The lowest BCUT2D eigenvalue weighted by Gasteiger charge is -2.34. The van der Waals surface area contributed by atoms with Gasteiger partial charge in [0.05, 0.1) is 12.6 Å². The van der Waals surface area contributed by atoms with Gasteiger partial charge in [0.25, 0.3) is 0 Å². The van der Waals surface area contributed by atoms with E-state index in [1.165, 1.54) is 19.3 Å². The van der Waals surface area contributed by atoms with E-state index in [1.807, 2.05) is 20.8 Å². The first-order chi connectivity index (χ1) is 9.88. The van der Waals surface area contributed by atoms with Gasteiger partial charge >= 0.3 is 5.97 Å². The second-order valence-electron chi connectivity index (χ2n) is 7.32. The van der Waals surface area contributed by atoms with Gasteiger partial charge in [0, 0.05) is 12.5 Å². The van der Waals surface area contributed by atoms with Crippen molar-refractivity contribution in [3.8, 4) is 0 Å². The molecule has 1 saturated carbocycles. The van der Waals surface area contributed by atoms with E-state index in [4.69, 9.17) is 4.74 Å². The number of nitrogens with one attached hydrogen (secondary N) is 2. The van der Waals surface area contributed by atoms with Crippen molar-refractivity contribution in [2.24, 2.45) is 5.41 Å². The van der Waals surface area contributed by atoms with Crippen LogP contribution in [0.25, 0.3) is 0 Å². The molecular weight excluding hydrogens is 268 g/mol. The fraction of sp³-hybridized carbons (Fsp3) is 0.875. The van der Waals surface area contributed by atoms with E-state index in [1.54, 1.807) is 0 Å². The lowest BCUT2D eigenvalue weighted by molar-refractivity contribution is -0.140. The summed E-state index contributed by atoms with van der Waals surface area (Å²) in [5, 5.41) is 6.37. The van der Waals surface area contributed by atoms with Crippen LogP contribution in [0, 0.1) is 5.41 Å². The molecule has 0 aromatic heterocycles. The molecule has 5 nitrogen and oxygen atoms in total. The van der Waals surface area contributed by atoms with Crippen molar-refractivity contribution < 1.29 is 14.3 Å². The maximum atomic E-state index is 12.6. The van der Waals surface area contributed by atoms with Crippen molar-refractivity contribution in [2.75, 3.05) is 6.61 Å². The van der Waals surface area contributed by atoms with Crippen molar-refractivity contribution in [1.29, 1.82) is 0 Å². The van der Waals surface area contributed by atoms with Crippen molar-refractivity contribution in [3.63, 3.8) is 0 Å². The van der Waals surface area contributed by atoms with Gasteiger partial charge in [0.15, 0.2) is 0 Å². The highest BCUT2D eigenvalue weighted by Gasteiger charge is 2.37. The third-order valence-corrected chi connectivity index (χ3v) is 4.38. The third-order valence-electron chi connectivity index (χ3n) is 4.38. The first kappa shape index (κ1) is 16.3. The standard InChI is InChI=1S/C16H28N2O3/c1-16(2,3)13(18-12-9-10-21-15(12)20)14(19)17-11-7-5-4-6-8-11/h11-13,18H,4-10H2,1-3H3,(H,17,19)/t12-,13?/m0/s1. The zero-order chi connectivity index (χ0) is 15.5. The van der Waals surface area contributed by atoms with Gasteiger partial charge in [-0.05, 0) is 18.3 Å². The summed E-state index contributed by atoms with van der Waals surface area (Å²) in [4.78, 5) is 24.3. The van der Waals surface area contributed by atoms with Gasteiger partial charge in [-0.3, -0.25) is 14.9 Å². The summed E-state index contributed by atoms with van der Waals surface area (Å²) in [6.07, 6.45) is 6.41. The Hall–Kier alpha value is -1.10. The molecule has 0 bridgehead atoms. The molecule has 0 aromatic carbocycles. The first-order valence-electron chi connectivity index (χ1n) is 8.11. The van der Waals surface area contributed by atoms with Gasteiger partial charge in [-0.15, -0.1) is 0 Å². The van der Waals surface area contributed by atoms with Crippen molar-refractivity contribution in [1.82, 2.24) is 10.6 Å². The smallest absolute Gasteiger partial charge is 0.323 e. The highest BCUT2D eigenvalue weighted by molar-refractivity contribution is 5.84. The van der Waals surface area contributed by atoms with Gasteiger partial charge in [-0.25, -0.2) is 0 Å².